The van der Waals surface area contributed by atoms with Crippen LogP contribution in [0.5, 0.6) is 5.75 Å². The lowest BCUT2D eigenvalue weighted by Crippen LogP contribution is -2.08. The summed E-state index contributed by atoms with van der Waals surface area (Å²) in [5.74, 6) is 0.735. The maximum Gasteiger partial charge on any atom is 0.140 e. The van der Waals surface area contributed by atoms with Gasteiger partial charge in [-0.1, -0.05) is 17.7 Å². The number of benzene rings is 1. The van der Waals surface area contributed by atoms with Gasteiger partial charge < -0.3 is 10.5 Å². The predicted molar refractivity (Wildman–Crippen MR) is 60.1 cm³/mol. The van der Waals surface area contributed by atoms with Crippen molar-refractivity contribution in [1.29, 1.82) is 0 Å². The van der Waals surface area contributed by atoms with E-state index in [9.17, 15) is 0 Å². The molecule has 0 amide bonds. The number of nitrogens with two attached hydrogens (primary N) is 1. The molecule has 0 spiro atoms. The summed E-state index contributed by atoms with van der Waals surface area (Å²) in [7, 11) is 1.62. The topological polar surface area (TPSA) is 35.2 Å². The second-order valence-electron chi connectivity index (χ2n) is 3.54. The van der Waals surface area contributed by atoms with Crippen LogP contribution in [0.1, 0.15) is 29.7 Å². The van der Waals surface area contributed by atoms with Crippen LogP contribution in [0.4, 0.5) is 0 Å². The fraction of sp³-hybridized carbons (Fsp3) is 0.455. The van der Waals surface area contributed by atoms with E-state index in [2.05, 4.69) is 0 Å². The molecule has 0 heterocycles. The van der Waals surface area contributed by atoms with E-state index in [1.54, 1.807) is 7.11 Å². The maximum absolute atomic E-state index is 6.11. The van der Waals surface area contributed by atoms with E-state index in [0.29, 0.717) is 5.02 Å². The highest BCUT2D eigenvalue weighted by atomic mass is 35.5. The first-order valence-electron chi connectivity index (χ1n) is 4.58. The predicted octanol–water partition coefficient (Wildman–Crippen LogP) is 2.99. The van der Waals surface area contributed by atoms with E-state index < -0.39 is 0 Å². The Balaban J connectivity index is 3.42. The van der Waals surface area contributed by atoms with Crippen LogP contribution in [0.2, 0.25) is 5.02 Å². The first kappa shape index (κ1) is 11.3. The Morgan fingerprint density at radius 3 is 2.43 bits per heavy atom. The van der Waals surface area contributed by atoms with Gasteiger partial charge in [-0.25, -0.2) is 0 Å². The van der Waals surface area contributed by atoms with E-state index in [-0.39, 0.29) is 6.04 Å². The third kappa shape index (κ3) is 1.86. The molecule has 0 saturated carbocycles. The van der Waals surface area contributed by atoms with Gasteiger partial charge in [0.2, 0.25) is 0 Å². The van der Waals surface area contributed by atoms with Gasteiger partial charge in [0.15, 0.2) is 0 Å². The van der Waals surface area contributed by atoms with Gasteiger partial charge in [-0.2, -0.15) is 0 Å². The van der Waals surface area contributed by atoms with Crippen LogP contribution in [0, 0.1) is 13.8 Å². The summed E-state index contributed by atoms with van der Waals surface area (Å²) in [5.41, 5.74) is 8.97. The van der Waals surface area contributed by atoms with Crippen molar-refractivity contribution < 1.29 is 4.74 Å². The number of rotatable bonds is 2. The van der Waals surface area contributed by atoms with Crippen molar-refractivity contribution in [3.8, 4) is 5.75 Å². The largest absolute Gasteiger partial charge is 0.495 e. The standard InChI is InChI=1S/C11H16ClNO/c1-6-5-9(8(3)13)7(2)11(14-4)10(6)12/h5,8H,13H2,1-4H3. The lowest BCUT2D eigenvalue weighted by Gasteiger charge is -2.16. The van der Waals surface area contributed by atoms with Crippen molar-refractivity contribution in [2.24, 2.45) is 5.73 Å². The number of aryl methyl sites for hydroxylation is 1. The number of hydrogen-bond acceptors (Lipinski definition) is 2. The molecule has 78 valence electrons. The van der Waals surface area contributed by atoms with Gasteiger partial charge in [-0.15, -0.1) is 0 Å². The molecule has 0 aliphatic carbocycles. The number of ether oxygens (including phenoxy) is 1. The highest BCUT2D eigenvalue weighted by Crippen LogP contribution is 2.35. The Morgan fingerprint density at radius 2 is 2.00 bits per heavy atom. The number of hydrogen-bond donors (Lipinski definition) is 1. The fourth-order valence-corrected chi connectivity index (χ4v) is 1.87. The van der Waals surface area contributed by atoms with E-state index >= 15 is 0 Å². The zero-order chi connectivity index (χ0) is 10.9. The highest BCUT2D eigenvalue weighted by Gasteiger charge is 2.14. The molecule has 2 N–H and O–H groups in total. The van der Waals surface area contributed by atoms with E-state index in [4.69, 9.17) is 22.1 Å². The molecule has 1 atom stereocenters. The summed E-state index contributed by atoms with van der Waals surface area (Å²) in [4.78, 5) is 0. The quantitative estimate of drug-likeness (QED) is 0.820. The van der Waals surface area contributed by atoms with Gasteiger partial charge in [0.05, 0.1) is 12.1 Å². The maximum atomic E-state index is 6.11. The van der Waals surface area contributed by atoms with Crippen LogP contribution in [-0.4, -0.2) is 7.11 Å². The monoisotopic (exact) mass is 213 g/mol. The van der Waals surface area contributed by atoms with Crippen molar-refractivity contribution in [3.63, 3.8) is 0 Å². The van der Waals surface area contributed by atoms with E-state index in [1.807, 2.05) is 26.8 Å². The summed E-state index contributed by atoms with van der Waals surface area (Å²) < 4.78 is 5.26. The summed E-state index contributed by atoms with van der Waals surface area (Å²) in [6.07, 6.45) is 0. The zero-order valence-electron chi connectivity index (χ0n) is 9.02. The minimum absolute atomic E-state index is 0.000123. The van der Waals surface area contributed by atoms with Crippen LogP contribution >= 0.6 is 11.6 Å². The first-order valence-corrected chi connectivity index (χ1v) is 4.96. The Bertz CT molecular complexity index is 348. The third-order valence-corrected chi connectivity index (χ3v) is 2.86. The molecular weight excluding hydrogens is 198 g/mol. The summed E-state index contributed by atoms with van der Waals surface area (Å²) in [6.45, 7) is 5.88. The summed E-state index contributed by atoms with van der Waals surface area (Å²) in [6, 6.07) is 2.02. The molecule has 0 aliphatic heterocycles. The van der Waals surface area contributed by atoms with Crippen LogP contribution < -0.4 is 10.5 Å². The van der Waals surface area contributed by atoms with Gasteiger partial charge in [0.1, 0.15) is 5.75 Å². The normalized spacial score (nSPS) is 12.7. The number of halogens is 1. The number of methoxy groups -OCH3 is 1. The van der Waals surface area contributed by atoms with Crippen molar-refractivity contribution in [2.75, 3.05) is 7.11 Å². The highest BCUT2D eigenvalue weighted by molar-refractivity contribution is 6.33. The molecule has 0 bridgehead atoms. The second-order valence-corrected chi connectivity index (χ2v) is 3.92. The van der Waals surface area contributed by atoms with Gasteiger partial charge in [-0.3, -0.25) is 0 Å². The van der Waals surface area contributed by atoms with Gasteiger partial charge in [-0.05, 0) is 37.5 Å². The molecule has 0 radical (unpaired) electrons. The Labute approximate surface area is 90.0 Å². The molecule has 1 aromatic rings. The lowest BCUT2D eigenvalue weighted by atomic mass is 9.99. The molecule has 0 fully saturated rings. The minimum atomic E-state index is -0.000123. The molecule has 0 saturated heterocycles. The SMILES string of the molecule is COc1c(C)c(C(C)N)cc(C)c1Cl. The summed E-state index contributed by atoms with van der Waals surface area (Å²) in [5, 5.41) is 0.675. The van der Waals surface area contributed by atoms with Crippen molar-refractivity contribution in [2.45, 2.75) is 26.8 Å². The Morgan fingerprint density at radius 1 is 1.43 bits per heavy atom. The van der Waals surface area contributed by atoms with Crippen molar-refractivity contribution in [1.82, 2.24) is 0 Å². The Kier molecular flexibility index (Phi) is 3.40. The molecule has 1 aromatic carbocycles. The van der Waals surface area contributed by atoms with E-state index in [0.717, 1.165) is 22.4 Å². The molecule has 0 aliphatic rings. The molecule has 2 nitrogen and oxygen atoms in total. The average Bonchev–Trinajstić information content (AvgIpc) is 2.12. The van der Waals surface area contributed by atoms with Crippen LogP contribution in [0.15, 0.2) is 6.07 Å². The molecule has 14 heavy (non-hydrogen) atoms. The third-order valence-electron chi connectivity index (χ3n) is 2.39. The molecule has 1 unspecified atom stereocenters. The van der Waals surface area contributed by atoms with Gasteiger partial charge in [0.25, 0.3) is 0 Å². The summed E-state index contributed by atoms with van der Waals surface area (Å²) >= 11 is 6.11. The van der Waals surface area contributed by atoms with Gasteiger partial charge in [0, 0.05) is 6.04 Å². The lowest BCUT2D eigenvalue weighted by molar-refractivity contribution is 0.410. The minimum Gasteiger partial charge on any atom is -0.495 e. The average molecular weight is 214 g/mol. The van der Waals surface area contributed by atoms with Gasteiger partial charge >= 0.3 is 0 Å². The molecule has 3 heteroatoms. The first-order chi connectivity index (χ1) is 6.49. The van der Waals surface area contributed by atoms with Crippen LogP contribution in [0.25, 0.3) is 0 Å². The fourth-order valence-electron chi connectivity index (χ4n) is 1.60. The molecule has 0 aromatic heterocycles. The molecule has 1 rings (SSSR count). The smallest absolute Gasteiger partial charge is 0.140 e. The van der Waals surface area contributed by atoms with Crippen LogP contribution in [0.3, 0.4) is 0 Å². The van der Waals surface area contributed by atoms with Crippen molar-refractivity contribution in [3.05, 3.63) is 27.8 Å². The second kappa shape index (κ2) is 4.20. The van der Waals surface area contributed by atoms with Crippen molar-refractivity contribution >= 4 is 11.6 Å². The Hall–Kier alpha value is -0.730. The van der Waals surface area contributed by atoms with E-state index in [1.165, 1.54) is 0 Å². The zero-order valence-corrected chi connectivity index (χ0v) is 9.77. The molecular formula is C11H16ClNO. The van der Waals surface area contributed by atoms with Crippen LogP contribution in [-0.2, 0) is 0 Å².